The fourth-order valence-electron chi connectivity index (χ4n) is 1.30. The number of carboxylic acids is 1. The number of esters is 1. The van der Waals surface area contributed by atoms with Crippen molar-refractivity contribution in [1.29, 1.82) is 0 Å². The molecule has 4 heteroatoms. The molecule has 0 unspecified atom stereocenters. The molecule has 1 N–H and O–H groups in total. The normalized spacial score (nSPS) is 16.1. The zero-order chi connectivity index (χ0) is 9.84. The van der Waals surface area contributed by atoms with Gasteiger partial charge in [-0.15, -0.1) is 0 Å². The lowest BCUT2D eigenvalue weighted by molar-refractivity contribution is -0.148. The van der Waals surface area contributed by atoms with Crippen LogP contribution in [0.4, 0.5) is 0 Å². The molecule has 0 saturated carbocycles. The van der Waals surface area contributed by atoms with Crippen LogP contribution in [0.5, 0.6) is 0 Å². The quantitative estimate of drug-likeness (QED) is 0.532. The average molecular weight is 184 g/mol. The van der Waals surface area contributed by atoms with E-state index >= 15 is 0 Å². The third-order valence-electron chi connectivity index (χ3n) is 1.96. The SMILES string of the molecule is CC1=C(OC(=O)CC(=O)O)CCC1. The smallest absolute Gasteiger partial charge is 0.322 e. The molecule has 0 saturated heterocycles. The Bertz CT molecular complexity index is 265. The Balaban J connectivity index is 2.44. The van der Waals surface area contributed by atoms with Crippen LogP contribution in [0.3, 0.4) is 0 Å². The van der Waals surface area contributed by atoms with E-state index in [0.717, 1.165) is 24.8 Å². The van der Waals surface area contributed by atoms with E-state index in [-0.39, 0.29) is 0 Å². The van der Waals surface area contributed by atoms with Crippen LogP contribution >= 0.6 is 0 Å². The first-order valence-electron chi connectivity index (χ1n) is 4.20. The summed E-state index contributed by atoms with van der Waals surface area (Å²) in [5.74, 6) is -1.17. The van der Waals surface area contributed by atoms with Gasteiger partial charge in [0.25, 0.3) is 0 Å². The number of aliphatic carboxylic acids is 1. The molecular weight excluding hydrogens is 172 g/mol. The molecule has 0 aliphatic heterocycles. The number of rotatable bonds is 3. The predicted molar refractivity (Wildman–Crippen MR) is 44.9 cm³/mol. The average Bonchev–Trinajstić information content (AvgIpc) is 2.34. The third-order valence-corrected chi connectivity index (χ3v) is 1.96. The Kier molecular flexibility index (Phi) is 3.06. The van der Waals surface area contributed by atoms with Crippen LogP contribution in [0.1, 0.15) is 32.6 Å². The summed E-state index contributed by atoms with van der Waals surface area (Å²) >= 11 is 0. The summed E-state index contributed by atoms with van der Waals surface area (Å²) in [7, 11) is 0. The topological polar surface area (TPSA) is 63.6 Å². The maximum Gasteiger partial charge on any atom is 0.322 e. The molecule has 0 aromatic carbocycles. The van der Waals surface area contributed by atoms with E-state index in [0.29, 0.717) is 5.76 Å². The first kappa shape index (κ1) is 9.77. The zero-order valence-corrected chi connectivity index (χ0v) is 7.50. The van der Waals surface area contributed by atoms with Gasteiger partial charge in [0.05, 0.1) is 0 Å². The van der Waals surface area contributed by atoms with Crippen molar-refractivity contribution < 1.29 is 19.4 Å². The van der Waals surface area contributed by atoms with Crippen molar-refractivity contribution in [1.82, 2.24) is 0 Å². The van der Waals surface area contributed by atoms with Gasteiger partial charge in [0.1, 0.15) is 12.2 Å². The molecule has 1 aliphatic rings. The van der Waals surface area contributed by atoms with Gasteiger partial charge in [-0.2, -0.15) is 0 Å². The van der Waals surface area contributed by atoms with Crippen molar-refractivity contribution in [2.75, 3.05) is 0 Å². The number of hydrogen-bond donors (Lipinski definition) is 1. The Morgan fingerprint density at radius 1 is 1.46 bits per heavy atom. The molecule has 0 aromatic rings. The number of allylic oxidation sites excluding steroid dienone is 2. The molecule has 1 aliphatic carbocycles. The fraction of sp³-hybridized carbons (Fsp3) is 0.556. The standard InChI is InChI=1S/C9H12O4/c1-6-3-2-4-7(6)13-9(12)5-8(10)11/h2-5H2,1H3,(H,10,11). The van der Waals surface area contributed by atoms with Gasteiger partial charge >= 0.3 is 11.9 Å². The Morgan fingerprint density at radius 2 is 2.15 bits per heavy atom. The zero-order valence-electron chi connectivity index (χ0n) is 7.50. The lowest BCUT2D eigenvalue weighted by Gasteiger charge is -2.03. The molecule has 0 radical (unpaired) electrons. The van der Waals surface area contributed by atoms with E-state index in [1.807, 2.05) is 6.92 Å². The largest absolute Gasteiger partial charge is 0.481 e. The maximum absolute atomic E-state index is 10.9. The lowest BCUT2D eigenvalue weighted by atomic mass is 10.3. The first-order chi connectivity index (χ1) is 6.09. The minimum Gasteiger partial charge on any atom is -0.481 e. The van der Waals surface area contributed by atoms with Crippen LogP contribution in [0, 0.1) is 0 Å². The van der Waals surface area contributed by atoms with Crippen molar-refractivity contribution in [3.63, 3.8) is 0 Å². The summed E-state index contributed by atoms with van der Waals surface area (Å²) < 4.78 is 4.89. The van der Waals surface area contributed by atoms with Gasteiger partial charge in [0.15, 0.2) is 0 Å². The van der Waals surface area contributed by atoms with Gasteiger partial charge < -0.3 is 9.84 Å². The Labute approximate surface area is 76.2 Å². The number of ether oxygens (including phenoxy) is 1. The molecule has 0 spiro atoms. The molecule has 0 atom stereocenters. The number of carbonyl (C=O) groups excluding carboxylic acids is 1. The molecule has 72 valence electrons. The van der Waals surface area contributed by atoms with E-state index in [9.17, 15) is 9.59 Å². The van der Waals surface area contributed by atoms with Crippen LogP contribution in [-0.2, 0) is 14.3 Å². The highest BCUT2D eigenvalue weighted by molar-refractivity contribution is 5.90. The van der Waals surface area contributed by atoms with Gasteiger partial charge in [-0.1, -0.05) is 0 Å². The first-order valence-corrected chi connectivity index (χ1v) is 4.20. The van der Waals surface area contributed by atoms with Crippen LogP contribution in [0.25, 0.3) is 0 Å². The fourth-order valence-corrected chi connectivity index (χ4v) is 1.30. The molecule has 4 nitrogen and oxygen atoms in total. The Morgan fingerprint density at radius 3 is 2.62 bits per heavy atom. The molecule has 0 bridgehead atoms. The molecule has 13 heavy (non-hydrogen) atoms. The summed E-state index contributed by atoms with van der Waals surface area (Å²) in [6, 6.07) is 0. The van der Waals surface area contributed by atoms with E-state index in [1.54, 1.807) is 0 Å². The maximum atomic E-state index is 10.9. The van der Waals surface area contributed by atoms with Gasteiger partial charge in [0, 0.05) is 6.42 Å². The molecule has 0 amide bonds. The summed E-state index contributed by atoms with van der Waals surface area (Å²) in [6.07, 6.45) is 2.12. The number of carboxylic acid groups (broad SMARTS) is 1. The van der Waals surface area contributed by atoms with Gasteiger partial charge in [0.2, 0.25) is 0 Å². The number of hydrogen-bond acceptors (Lipinski definition) is 3. The van der Waals surface area contributed by atoms with Crippen LogP contribution in [-0.4, -0.2) is 17.0 Å². The molecule has 1 rings (SSSR count). The van der Waals surface area contributed by atoms with E-state index in [4.69, 9.17) is 9.84 Å². The van der Waals surface area contributed by atoms with Gasteiger partial charge in [-0.3, -0.25) is 9.59 Å². The Hall–Kier alpha value is -1.32. The van der Waals surface area contributed by atoms with Crippen molar-refractivity contribution >= 4 is 11.9 Å². The number of carbonyl (C=O) groups is 2. The molecule has 0 heterocycles. The van der Waals surface area contributed by atoms with Crippen LogP contribution in [0.2, 0.25) is 0 Å². The minimum atomic E-state index is -1.15. The van der Waals surface area contributed by atoms with E-state index in [1.165, 1.54) is 0 Å². The monoisotopic (exact) mass is 184 g/mol. The van der Waals surface area contributed by atoms with Gasteiger partial charge in [-0.25, -0.2) is 0 Å². The highest BCUT2D eigenvalue weighted by atomic mass is 16.5. The van der Waals surface area contributed by atoms with Crippen molar-refractivity contribution in [2.45, 2.75) is 32.6 Å². The summed E-state index contributed by atoms with van der Waals surface area (Å²) in [6.45, 7) is 1.90. The van der Waals surface area contributed by atoms with E-state index < -0.39 is 18.4 Å². The summed E-state index contributed by atoms with van der Waals surface area (Å²) in [5, 5.41) is 8.31. The van der Waals surface area contributed by atoms with Crippen molar-refractivity contribution in [3.8, 4) is 0 Å². The molecular formula is C9H12O4. The van der Waals surface area contributed by atoms with Crippen molar-refractivity contribution in [3.05, 3.63) is 11.3 Å². The second-order valence-corrected chi connectivity index (χ2v) is 3.10. The van der Waals surface area contributed by atoms with E-state index in [2.05, 4.69) is 0 Å². The lowest BCUT2D eigenvalue weighted by Crippen LogP contribution is -2.10. The predicted octanol–water partition coefficient (Wildman–Crippen LogP) is 1.46. The van der Waals surface area contributed by atoms with Gasteiger partial charge in [-0.05, 0) is 25.3 Å². The third kappa shape index (κ3) is 2.89. The highest BCUT2D eigenvalue weighted by Crippen LogP contribution is 2.26. The second-order valence-electron chi connectivity index (χ2n) is 3.10. The summed E-state index contributed by atoms with van der Waals surface area (Å²) in [5.41, 5.74) is 1.05. The minimum absolute atomic E-state index is 0.559. The second kappa shape index (κ2) is 4.07. The summed E-state index contributed by atoms with van der Waals surface area (Å²) in [4.78, 5) is 21.1. The molecule has 0 aromatic heterocycles. The van der Waals surface area contributed by atoms with Crippen LogP contribution in [0.15, 0.2) is 11.3 Å². The highest BCUT2D eigenvalue weighted by Gasteiger charge is 2.17. The van der Waals surface area contributed by atoms with Crippen molar-refractivity contribution in [2.24, 2.45) is 0 Å². The van der Waals surface area contributed by atoms with Crippen LogP contribution < -0.4 is 0 Å². The molecule has 0 fully saturated rings.